The summed E-state index contributed by atoms with van der Waals surface area (Å²) in [5.74, 6) is -1.11. The monoisotopic (exact) mass is 489 g/mol. The van der Waals surface area contributed by atoms with Crippen molar-refractivity contribution in [2.75, 3.05) is 18.5 Å². The molecule has 0 bridgehead atoms. The number of anilines is 1. The second-order valence-corrected chi connectivity index (χ2v) is 8.39. The van der Waals surface area contributed by atoms with Crippen LogP contribution in [0.3, 0.4) is 0 Å². The number of nitrogens with zero attached hydrogens (tertiary/aromatic N) is 1. The summed E-state index contributed by atoms with van der Waals surface area (Å²) < 4.78 is 5.39. The van der Waals surface area contributed by atoms with Crippen LogP contribution >= 0.6 is 23.2 Å². The molecular formula is C24H25Cl2N3O4. The van der Waals surface area contributed by atoms with Crippen LogP contribution in [0.2, 0.25) is 0 Å². The third-order valence-corrected chi connectivity index (χ3v) is 5.40. The van der Waals surface area contributed by atoms with Gasteiger partial charge in [0.15, 0.2) is 4.84 Å². The van der Waals surface area contributed by atoms with E-state index in [4.69, 9.17) is 27.9 Å². The van der Waals surface area contributed by atoms with Crippen molar-refractivity contribution in [3.63, 3.8) is 0 Å². The molecule has 0 aromatic heterocycles. The van der Waals surface area contributed by atoms with Gasteiger partial charge >= 0.3 is 12.0 Å². The number of carbonyl (C=O) groups excluding carboxylic acids is 3. The summed E-state index contributed by atoms with van der Waals surface area (Å²) in [4.78, 5) is 38.6. The predicted molar refractivity (Wildman–Crippen MR) is 129 cm³/mol. The average molecular weight is 490 g/mol. The molecule has 2 aromatic carbocycles. The number of benzene rings is 2. The van der Waals surface area contributed by atoms with E-state index in [1.165, 1.54) is 0 Å². The van der Waals surface area contributed by atoms with Crippen LogP contribution in [0.5, 0.6) is 0 Å². The molecule has 1 atom stereocenters. The predicted octanol–water partition coefficient (Wildman–Crippen LogP) is 4.88. The van der Waals surface area contributed by atoms with Crippen LogP contribution in [0, 0.1) is 0 Å². The third-order valence-electron chi connectivity index (χ3n) is 5.00. The van der Waals surface area contributed by atoms with E-state index in [1.807, 2.05) is 37.3 Å². The number of urea groups is 1. The summed E-state index contributed by atoms with van der Waals surface area (Å²) in [5, 5.41) is 5.54. The van der Waals surface area contributed by atoms with Crippen LogP contribution < -0.4 is 10.6 Å². The number of alkyl halides is 2. The number of halogens is 2. The van der Waals surface area contributed by atoms with E-state index in [0.29, 0.717) is 35.5 Å². The fourth-order valence-electron chi connectivity index (χ4n) is 3.67. The van der Waals surface area contributed by atoms with Crippen molar-refractivity contribution in [2.24, 2.45) is 0 Å². The van der Waals surface area contributed by atoms with Gasteiger partial charge in [0, 0.05) is 12.2 Å². The molecule has 33 heavy (non-hydrogen) atoms. The summed E-state index contributed by atoms with van der Waals surface area (Å²) in [6.45, 7) is 4.29. The molecule has 0 unspecified atom stereocenters. The first-order valence-corrected chi connectivity index (χ1v) is 11.5. The smallest absolute Gasteiger partial charge is 0.338 e. The van der Waals surface area contributed by atoms with Crippen molar-refractivity contribution in [3.8, 4) is 0 Å². The fraction of sp³-hybridized carbons (Fsp3) is 0.292. The standard InChI is InChI=1S/C24H25Cl2N3O4/c1-3-13-29-20(15-9-6-5-7-10-15)18(23(31)33-4-2)19(28-24(29)32)16-11-8-12-17(14-16)27-22(30)21(25)26/h5-12,14,19,21H,3-4,13H2,1-2H3,(H,27,30)(H,28,32)/t19-/m0/s1. The van der Waals surface area contributed by atoms with Gasteiger partial charge in [-0.1, -0.05) is 72.6 Å². The summed E-state index contributed by atoms with van der Waals surface area (Å²) >= 11 is 11.3. The summed E-state index contributed by atoms with van der Waals surface area (Å²) in [7, 11) is 0. The number of esters is 1. The minimum absolute atomic E-state index is 0.182. The number of carbonyl (C=O) groups is 3. The van der Waals surface area contributed by atoms with Gasteiger partial charge in [-0.3, -0.25) is 9.69 Å². The van der Waals surface area contributed by atoms with Crippen LogP contribution in [0.15, 0.2) is 60.2 Å². The Balaban J connectivity index is 2.18. The molecule has 0 fully saturated rings. The molecule has 0 spiro atoms. The SMILES string of the molecule is CCCN1C(=O)N[C@@H](c2cccc(NC(=O)C(Cl)Cl)c2)C(C(=O)OCC)=C1c1ccccc1. The van der Waals surface area contributed by atoms with E-state index in [9.17, 15) is 14.4 Å². The summed E-state index contributed by atoms with van der Waals surface area (Å²) in [5.41, 5.74) is 2.56. The third kappa shape index (κ3) is 5.67. The van der Waals surface area contributed by atoms with Gasteiger partial charge in [0.25, 0.3) is 5.91 Å². The normalized spacial score (nSPS) is 16.0. The molecule has 0 aliphatic carbocycles. The largest absolute Gasteiger partial charge is 0.463 e. The van der Waals surface area contributed by atoms with E-state index in [1.54, 1.807) is 36.1 Å². The highest BCUT2D eigenvalue weighted by Gasteiger charge is 2.38. The second-order valence-electron chi connectivity index (χ2n) is 7.30. The van der Waals surface area contributed by atoms with Crippen LogP contribution in [-0.4, -0.2) is 40.8 Å². The highest BCUT2D eigenvalue weighted by atomic mass is 35.5. The molecule has 1 heterocycles. The zero-order valence-corrected chi connectivity index (χ0v) is 19.8. The summed E-state index contributed by atoms with van der Waals surface area (Å²) in [6.07, 6.45) is 0.698. The molecule has 1 aliphatic rings. The van der Waals surface area contributed by atoms with E-state index >= 15 is 0 Å². The number of hydrogen-bond donors (Lipinski definition) is 2. The quantitative estimate of drug-likeness (QED) is 0.408. The molecule has 0 saturated carbocycles. The molecule has 2 N–H and O–H groups in total. The number of ether oxygens (including phenoxy) is 1. The van der Waals surface area contributed by atoms with Gasteiger partial charge < -0.3 is 15.4 Å². The lowest BCUT2D eigenvalue weighted by atomic mass is 9.91. The summed E-state index contributed by atoms with van der Waals surface area (Å²) in [6, 6.07) is 14.9. The number of rotatable bonds is 8. The lowest BCUT2D eigenvalue weighted by Gasteiger charge is -2.37. The highest BCUT2D eigenvalue weighted by molar-refractivity contribution is 6.54. The maximum absolute atomic E-state index is 13.2. The van der Waals surface area contributed by atoms with Crippen LogP contribution in [-0.2, 0) is 14.3 Å². The van der Waals surface area contributed by atoms with Crippen molar-refractivity contribution in [2.45, 2.75) is 31.1 Å². The Morgan fingerprint density at radius 2 is 1.85 bits per heavy atom. The van der Waals surface area contributed by atoms with Gasteiger partial charge in [-0.25, -0.2) is 9.59 Å². The van der Waals surface area contributed by atoms with Gasteiger partial charge in [0.1, 0.15) is 0 Å². The van der Waals surface area contributed by atoms with Crippen molar-refractivity contribution < 1.29 is 19.1 Å². The van der Waals surface area contributed by atoms with Crippen LogP contribution in [0.1, 0.15) is 37.4 Å². The first-order valence-electron chi connectivity index (χ1n) is 10.6. The van der Waals surface area contributed by atoms with Crippen LogP contribution in [0.4, 0.5) is 10.5 Å². The lowest BCUT2D eigenvalue weighted by Crippen LogP contribution is -2.48. The molecule has 3 rings (SSSR count). The lowest BCUT2D eigenvalue weighted by molar-refractivity contribution is -0.139. The average Bonchev–Trinajstić information content (AvgIpc) is 2.80. The Bertz CT molecular complexity index is 1060. The Morgan fingerprint density at radius 1 is 1.12 bits per heavy atom. The Morgan fingerprint density at radius 3 is 2.48 bits per heavy atom. The molecule has 2 aromatic rings. The van der Waals surface area contributed by atoms with E-state index < -0.39 is 22.8 Å². The van der Waals surface area contributed by atoms with E-state index in [2.05, 4.69) is 10.6 Å². The second kappa shape index (κ2) is 11.2. The van der Waals surface area contributed by atoms with Crippen LogP contribution in [0.25, 0.3) is 5.70 Å². The van der Waals surface area contributed by atoms with Gasteiger partial charge in [-0.2, -0.15) is 0 Å². The molecule has 0 radical (unpaired) electrons. The maximum atomic E-state index is 13.2. The molecule has 7 nitrogen and oxygen atoms in total. The highest BCUT2D eigenvalue weighted by Crippen LogP contribution is 2.37. The molecular weight excluding hydrogens is 465 g/mol. The maximum Gasteiger partial charge on any atom is 0.338 e. The van der Waals surface area contributed by atoms with Gasteiger partial charge in [0.2, 0.25) is 0 Å². The molecule has 1 aliphatic heterocycles. The number of nitrogens with one attached hydrogen (secondary N) is 2. The molecule has 0 saturated heterocycles. The fourth-order valence-corrected chi connectivity index (χ4v) is 3.78. The van der Waals surface area contributed by atoms with Crippen molar-refractivity contribution >= 4 is 52.5 Å². The molecule has 3 amide bonds. The molecule has 174 valence electrons. The van der Waals surface area contributed by atoms with E-state index in [0.717, 1.165) is 5.56 Å². The molecule has 9 heteroatoms. The Labute approximate surface area is 202 Å². The van der Waals surface area contributed by atoms with Crippen molar-refractivity contribution in [3.05, 3.63) is 71.3 Å². The zero-order chi connectivity index (χ0) is 24.0. The first kappa shape index (κ1) is 24.6. The van der Waals surface area contributed by atoms with E-state index in [-0.39, 0.29) is 12.6 Å². The minimum Gasteiger partial charge on any atom is -0.463 e. The van der Waals surface area contributed by atoms with Crippen molar-refractivity contribution in [1.29, 1.82) is 0 Å². The Kier molecular flexibility index (Phi) is 8.36. The van der Waals surface area contributed by atoms with Gasteiger partial charge in [-0.15, -0.1) is 0 Å². The topological polar surface area (TPSA) is 87.7 Å². The first-order chi connectivity index (χ1) is 15.9. The van der Waals surface area contributed by atoms with Crippen molar-refractivity contribution in [1.82, 2.24) is 10.2 Å². The van der Waals surface area contributed by atoms with Gasteiger partial charge in [0.05, 0.1) is 23.9 Å². The number of hydrogen-bond acceptors (Lipinski definition) is 4. The zero-order valence-electron chi connectivity index (χ0n) is 18.3. The Hall–Kier alpha value is -3.03. The number of amides is 3. The van der Waals surface area contributed by atoms with Gasteiger partial charge in [-0.05, 0) is 36.6 Å². The minimum atomic E-state index is -1.23.